The summed E-state index contributed by atoms with van der Waals surface area (Å²) in [5.41, 5.74) is 2.11. The molecule has 2 nitrogen and oxygen atoms in total. The SMILES string of the molecule is COc1ccc(Cl)c(NC(C)Cc2ccc(Cl)cc2)c1. The van der Waals surface area contributed by atoms with Gasteiger partial charge >= 0.3 is 0 Å². The van der Waals surface area contributed by atoms with Crippen LogP contribution in [0.15, 0.2) is 42.5 Å². The number of halogens is 2. The van der Waals surface area contributed by atoms with E-state index in [0.717, 1.165) is 22.9 Å². The van der Waals surface area contributed by atoms with Crippen LogP contribution in [-0.2, 0) is 6.42 Å². The number of benzene rings is 2. The highest BCUT2D eigenvalue weighted by Crippen LogP contribution is 2.27. The van der Waals surface area contributed by atoms with Gasteiger partial charge in [0, 0.05) is 17.1 Å². The third-order valence-corrected chi connectivity index (χ3v) is 3.61. The van der Waals surface area contributed by atoms with E-state index < -0.39 is 0 Å². The van der Waals surface area contributed by atoms with Crippen LogP contribution in [0.25, 0.3) is 0 Å². The first-order chi connectivity index (χ1) is 9.58. The minimum atomic E-state index is 0.251. The van der Waals surface area contributed by atoms with E-state index in [4.69, 9.17) is 27.9 Å². The number of rotatable bonds is 5. The van der Waals surface area contributed by atoms with E-state index in [1.54, 1.807) is 7.11 Å². The van der Waals surface area contributed by atoms with Crippen molar-refractivity contribution >= 4 is 28.9 Å². The highest BCUT2D eigenvalue weighted by atomic mass is 35.5. The number of hydrogen-bond acceptors (Lipinski definition) is 2. The summed E-state index contributed by atoms with van der Waals surface area (Å²) in [7, 11) is 1.64. The Bertz CT molecular complexity index is 569. The number of methoxy groups -OCH3 is 1. The summed E-state index contributed by atoms with van der Waals surface area (Å²) in [5.74, 6) is 0.788. The molecule has 106 valence electrons. The van der Waals surface area contributed by atoms with Crippen molar-refractivity contribution in [3.8, 4) is 5.75 Å². The summed E-state index contributed by atoms with van der Waals surface area (Å²) in [4.78, 5) is 0. The maximum Gasteiger partial charge on any atom is 0.121 e. The van der Waals surface area contributed by atoms with E-state index >= 15 is 0 Å². The summed E-state index contributed by atoms with van der Waals surface area (Å²) < 4.78 is 5.21. The monoisotopic (exact) mass is 309 g/mol. The van der Waals surface area contributed by atoms with Crippen molar-refractivity contribution in [2.24, 2.45) is 0 Å². The average molecular weight is 310 g/mol. The lowest BCUT2D eigenvalue weighted by molar-refractivity contribution is 0.415. The lowest BCUT2D eigenvalue weighted by atomic mass is 10.1. The van der Waals surface area contributed by atoms with Crippen LogP contribution in [0.2, 0.25) is 10.0 Å². The molecule has 0 saturated heterocycles. The Labute approximate surface area is 129 Å². The molecule has 1 N–H and O–H groups in total. The molecule has 0 aliphatic carbocycles. The smallest absolute Gasteiger partial charge is 0.121 e. The lowest BCUT2D eigenvalue weighted by Gasteiger charge is -2.17. The van der Waals surface area contributed by atoms with Crippen LogP contribution < -0.4 is 10.1 Å². The Kier molecular flexibility index (Phi) is 5.16. The van der Waals surface area contributed by atoms with Gasteiger partial charge in [0.1, 0.15) is 5.75 Å². The van der Waals surface area contributed by atoms with Crippen LogP contribution >= 0.6 is 23.2 Å². The van der Waals surface area contributed by atoms with Crippen molar-refractivity contribution in [1.82, 2.24) is 0 Å². The molecule has 0 amide bonds. The summed E-state index contributed by atoms with van der Waals surface area (Å²) in [6, 6.07) is 13.7. The molecule has 1 atom stereocenters. The van der Waals surface area contributed by atoms with Gasteiger partial charge in [-0.1, -0.05) is 35.3 Å². The molecule has 20 heavy (non-hydrogen) atoms. The van der Waals surface area contributed by atoms with Crippen LogP contribution in [0.3, 0.4) is 0 Å². The van der Waals surface area contributed by atoms with Gasteiger partial charge in [-0.25, -0.2) is 0 Å². The molecular formula is C16H17Cl2NO. The molecule has 0 saturated carbocycles. The molecule has 0 heterocycles. The van der Waals surface area contributed by atoms with Crippen LogP contribution in [0.5, 0.6) is 5.75 Å². The lowest BCUT2D eigenvalue weighted by Crippen LogP contribution is -2.18. The zero-order chi connectivity index (χ0) is 14.5. The first kappa shape index (κ1) is 15.0. The molecule has 0 aliphatic rings. The predicted molar refractivity (Wildman–Crippen MR) is 86.2 cm³/mol. The molecule has 1 unspecified atom stereocenters. The minimum Gasteiger partial charge on any atom is -0.497 e. The Hall–Kier alpha value is -1.38. The van der Waals surface area contributed by atoms with Crippen molar-refractivity contribution in [3.05, 3.63) is 58.1 Å². The van der Waals surface area contributed by atoms with Gasteiger partial charge < -0.3 is 10.1 Å². The van der Waals surface area contributed by atoms with E-state index in [1.807, 2.05) is 42.5 Å². The minimum absolute atomic E-state index is 0.251. The zero-order valence-corrected chi connectivity index (χ0v) is 13.0. The third kappa shape index (κ3) is 4.06. The van der Waals surface area contributed by atoms with Gasteiger partial charge in [0.25, 0.3) is 0 Å². The molecule has 0 aromatic heterocycles. The molecule has 0 aliphatic heterocycles. The molecule has 0 radical (unpaired) electrons. The maximum absolute atomic E-state index is 6.19. The van der Waals surface area contributed by atoms with Crippen molar-refractivity contribution < 1.29 is 4.74 Å². The molecule has 2 aromatic rings. The second-order valence-electron chi connectivity index (χ2n) is 4.72. The van der Waals surface area contributed by atoms with Crippen LogP contribution in [-0.4, -0.2) is 13.2 Å². The molecule has 4 heteroatoms. The van der Waals surface area contributed by atoms with E-state index in [9.17, 15) is 0 Å². The predicted octanol–water partition coefficient (Wildman–Crippen LogP) is 5.05. The number of anilines is 1. The summed E-state index contributed by atoms with van der Waals surface area (Å²) in [5, 5.41) is 4.85. The largest absolute Gasteiger partial charge is 0.497 e. The topological polar surface area (TPSA) is 21.3 Å². The molecular weight excluding hydrogens is 293 g/mol. The fourth-order valence-electron chi connectivity index (χ4n) is 2.03. The molecule has 0 spiro atoms. The summed E-state index contributed by atoms with van der Waals surface area (Å²) in [6.07, 6.45) is 0.894. The second-order valence-corrected chi connectivity index (χ2v) is 5.57. The quantitative estimate of drug-likeness (QED) is 0.835. The third-order valence-electron chi connectivity index (χ3n) is 3.03. The number of ether oxygens (including phenoxy) is 1. The van der Waals surface area contributed by atoms with Gasteiger partial charge in [-0.2, -0.15) is 0 Å². The van der Waals surface area contributed by atoms with E-state index in [2.05, 4.69) is 12.2 Å². The van der Waals surface area contributed by atoms with Crippen molar-refractivity contribution in [2.45, 2.75) is 19.4 Å². The van der Waals surface area contributed by atoms with Gasteiger partial charge in [0.15, 0.2) is 0 Å². The van der Waals surface area contributed by atoms with Crippen LogP contribution in [0, 0.1) is 0 Å². The fraction of sp³-hybridized carbons (Fsp3) is 0.250. The maximum atomic E-state index is 6.19. The fourth-order valence-corrected chi connectivity index (χ4v) is 2.33. The number of hydrogen-bond donors (Lipinski definition) is 1. The van der Waals surface area contributed by atoms with Gasteiger partial charge in [0.05, 0.1) is 17.8 Å². The Balaban J connectivity index is 2.04. The summed E-state index contributed by atoms with van der Waals surface area (Å²) >= 11 is 12.1. The Morgan fingerprint density at radius 1 is 1.10 bits per heavy atom. The van der Waals surface area contributed by atoms with Crippen molar-refractivity contribution in [3.63, 3.8) is 0 Å². The van der Waals surface area contributed by atoms with Crippen LogP contribution in [0.1, 0.15) is 12.5 Å². The Morgan fingerprint density at radius 2 is 1.80 bits per heavy atom. The average Bonchev–Trinajstić information content (AvgIpc) is 2.44. The van der Waals surface area contributed by atoms with E-state index in [-0.39, 0.29) is 6.04 Å². The van der Waals surface area contributed by atoms with Crippen molar-refractivity contribution in [1.29, 1.82) is 0 Å². The van der Waals surface area contributed by atoms with E-state index in [1.165, 1.54) is 5.56 Å². The van der Waals surface area contributed by atoms with Gasteiger partial charge in [-0.3, -0.25) is 0 Å². The van der Waals surface area contributed by atoms with Gasteiger partial charge in [0.2, 0.25) is 0 Å². The summed E-state index contributed by atoms with van der Waals surface area (Å²) in [6.45, 7) is 2.12. The van der Waals surface area contributed by atoms with Crippen LogP contribution in [0.4, 0.5) is 5.69 Å². The second kappa shape index (κ2) is 6.87. The van der Waals surface area contributed by atoms with Crippen molar-refractivity contribution in [2.75, 3.05) is 12.4 Å². The molecule has 2 rings (SSSR count). The first-order valence-electron chi connectivity index (χ1n) is 6.43. The molecule has 0 bridgehead atoms. The standard InChI is InChI=1S/C16H17Cl2NO/c1-11(9-12-3-5-13(17)6-4-12)19-16-10-14(20-2)7-8-15(16)18/h3-8,10-11,19H,9H2,1-2H3. The Morgan fingerprint density at radius 3 is 2.45 bits per heavy atom. The first-order valence-corrected chi connectivity index (χ1v) is 7.18. The highest BCUT2D eigenvalue weighted by molar-refractivity contribution is 6.33. The number of nitrogens with one attached hydrogen (secondary N) is 1. The van der Waals surface area contributed by atoms with Gasteiger partial charge in [-0.05, 0) is 43.2 Å². The molecule has 2 aromatic carbocycles. The zero-order valence-electron chi connectivity index (χ0n) is 11.5. The van der Waals surface area contributed by atoms with E-state index in [0.29, 0.717) is 5.02 Å². The normalized spacial score (nSPS) is 12.0. The highest BCUT2D eigenvalue weighted by Gasteiger charge is 2.08. The van der Waals surface area contributed by atoms with Gasteiger partial charge in [-0.15, -0.1) is 0 Å². The molecule has 0 fully saturated rings.